The van der Waals surface area contributed by atoms with Gasteiger partial charge in [0, 0.05) is 6.42 Å². The number of nitrogens with zero attached hydrogens (tertiary/aromatic N) is 1. The number of phosphoric ester groups is 1. The standard InChI is InChI=1S/C57H107N2O6P/c1-6-8-10-12-14-16-18-20-22-24-26-27-28-29-30-31-33-35-37-39-41-43-45-47-49-51-57(61)58-55(54-65-66(62,63)64-53-52-59(3,4)5)56(60)50-48-46-44-42-40-38-36-34-32-25-23-21-19-17-15-13-11-9-7-2/h18,20,24,26,32,34,40,42,48,50,55-56,60H,6-17,19,21-23,25,27-31,33,35-39,41,43-47,49,51-54H2,1-5H3,(H-,58,61,62,63)/p+1/b20-18-,26-24-,34-32+,42-40+,50-48+. The van der Waals surface area contributed by atoms with Crippen molar-refractivity contribution in [1.82, 2.24) is 5.32 Å². The van der Waals surface area contributed by atoms with E-state index in [1.54, 1.807) is 6.08 Å². The first-order chi connectivity index (χ1) is 32.0. The Morgan fingerprint density at radius 3 is 1.30 bits per heavy atom. The summed E-state index contributed by atoms with van der Waals surface area (Å²) < 4.78 is 23.7. The van der Waals surface area contributed by atoms with E-state index in [2.05, 4.69) is 67.8 Å². The molecular formula is C57H108N2O6P+. The highest BCUT2D eigenvalue weighted by molar-refractivity contribution is 7.47. The molecule has 3 N–H and O–H groups in total. The van der Waals surface area contributed by atoms with Gasteiger partial charge in [0.1, 0.15) is 13.2 Å². The number of nitrogens with one attached hydrogen (secondary N) is 1. The van der Waals surface area contributed by atoms with Gasteiger partial charge in [-0.1, -0.05) is 222 Å². The van der Waals surface area contributed by atoms with E-state index in [0.717, 1.165) is 51.4 Å². The highest BCUT2D eigenvalue weighted by Crippen LogP contribution is 2.43. The summed E-state index contributed by atoms with van der Waals surface area (Å²) in [6.07, 6.45) is 64.6. The molecule has 3 atom stereocenters. The monoisotopic (exact) mass is 948 g/mol. The van der Waals surface area contributed by atoms with Crippen LogP contribution < -0.4 is 5.32 Å². The van der Waals surface area contributed by atoms with Gasteiger partial charge in [-0.15, -0.1) is 0 Å². The van der Waals surface area contributed by atoms with Crippen LogP contribution in [0.1, 0.15) is 245 Å². The third-order valence-electron chi connectivity index (χ3n) is 12.2. The lowest BCUT2D eigenvalue weighted by molar-refractivity contribution is -0.870. The van der Waals surface area contributed by atoms with E-state index >= 15 is 0 Å². The minimum atomic E-state index is -4.36. The smallest absolute Gasteiger partial charge is 0.387 e. The Labute approximate surface area is 409 Å². The fourth-order valence-corrected chi connectivity index (χ4v) is 8.55. The lowest BCUT2D eigenvalue weighted by Gasteiger charge is -2.25. The largest absolute Gasteiger partial charge is 0.472 e. The van der Waals surface area contributed by atoms with Crippen LogP contribution in [-0.4, -0.2) is 73.4 Å². The van der Waals surface area contributed by atoms with E-state index in [0.29, 0.717) is 17.4 Å². The van der Waals surface area contributed by atoms with Crippen LogP contribution in [0.25, 0.3) is 0 Å². The topological polar surface area (TPSA) is 105 Å². The van der Waals surface area contributed by atoms with Crippen molar-refractivity contribution in [2.24, 2.45) is 0 Å². The molecule has 0 aromatic heterocycles. The van der Waals surface area contributed by atoms with Crippen molar-refractivity contribution >= 4 is 13.7 Å². The second-order valence-electron chi connectivity index (χ2n) is 19.9. The Morgan fingerprint density at radius 2 is 0.879 bits per heavy atom. The number of likely N-dealkylation sites (N-methyl/N-ethyl adjacent to an activating group) is 1. The minimum Gasteiger partial charge on any atom is -0.387 e. The summed E-state index contributed by atoms with van der Waals surface area (Å²) in [4.78, 5) is 23.3. The molecule has 386 valence electrons. The average Bonchev–Trinajstić information content (AvgIpc) is 3.28. The Hall–Kier alpha value is -1.80. The third kappa shape index (κ3) is 50.1. The Kier molecular flexibility index (Phi) is 46.9. The number of hydrogen-bond donors (Lipinski definition) is 3. The number of phosphoric acid groups is 1. The lowest BCUT2D eigenvalue weighted by atomic mass is 10.0. The summed E-state index contributed by atoms with van der Waals surface area (Å²) in [7, 11) is 1.54. The molecule has 0 aromatic carbocycles. The van der Waals surface area contributed by atoms with Crippen LogP contribution in [0.15, 0.2) is 60.8 Å². The average molecular weight is 948 g/mol. The first-order valence-electron chi connectivity index (χ1n) is 27.7. The molecule has 0 bridgehead atoms. The van der Waals surface area contributed by atoms with Gasteiger partial charge in [0.2, 0.25) is 5.91 Å². The Balaban J connectivity index is 4.29. The summed E-state index contributed by atoms with van der Waals surface area (Å²) in [5.74, 6) is -0.192. The molecule has 0 aliphatic carbocycles. The molecule has 8 nitrogen and oxygen atoms in total. The van der Waals surface area contributed by atoms with Crippen LogP contribution in [0.5, 0.6) is 0 Å². The molecular weight excluding hydrogens is 840 g/mol. The number of rotatable bonds is 50. The summed E-state index contributed by atoms with van der Waals surface area (Å²) in [5, 5.41) is 13.9. The Bertz CT molecular complexity index is 1260. The van der Waals surface area contributed by atoms with Crippen molar-refractivity contribution in [3.05, 3.63) is 60.8 Å². The zero-order valence-corrected chi connectivity index (χ0v) is 44.8. The SMILES string of the molecule is CCCCCCC/C=C\C/C=C\CCCCCCCCCCCCCCCC(=O)NC(COP(=O)(O)OCC[N+](C)(C)C)C(O)/C=C/CC/C=C/CC/C=C/CCCCCCCCCCC. The van der Waals surface area contributed by atoms with Gasteiger partial charge in [0.05, 0.1) is 39.9 Å². The maximum atomic E-state index is 13.0. The second-order valence-corrected chi connectivity index (χ2v) is 21.4. The summed E-state index contributed by atoms with van der Waals surface area (Å²) in [6, 6.07) is -0.872. The maximum absolute atomic E-state index is 13.0. The number of quaternary nitrogens is 1. The van der Waals surface area contributed by atoms with Gasteiger partial charge >= 0.3 is 7.82 Å². The molecule has 9 heteroatoms. The zero-order valence-electron chi connectivity index (χ0n) is 43.9. The van der Waals surface area contributed by atoms with Gasteiger partial charge in [-0.05, 0) is 77.0 Å². The molecule has 0 rings (SSSR count). The van der Waals surface area contributed by atoms with E-state index in [-0.39, 0.29) is 19.1 Å². The van der Waals surface area contributed by atoms with Crippen molar-refractivity contribution in [2.75, 3.05) is 40.9 Å². The predicted molar refractivity (Wildman–Crippen MR) is 286 cm³/mol. The van der Waals surface area contributed by atoms with E-state index in [1.807, 2.05) is 27.2 Å². The molecule has 0 aliphatic heterocycles. The number of hydrogen-bond acceptors (Lipinski definition) is 5. The summed E-state index contributed by atoms with van der Waals surface area (Å²) in [5.41, 5.74) is 0. The number of carbonyl (C=O) groups is 1. The number of allylic oxidation sites excluding steroid dienone is 9. The van der Waals surface area contributed by atoms with E-state index in [1.165, 1.54) is 173 Å². The van der Waals surface area contributed by atoms with Crippen molar-refractivity contribution in [3.8, 4) is 0 Å². The van der Waals surface area contributed by atoms with Gasteiger partial charge in [-0.25, -0.2) is 4.57 Å². The zero-order chi connectivity index (χ0) is 48.5. The first-order valence-corrected chi connectivity index (χ1v) is 29.2. The minimum absolute atomic E-state index is 0.0521. The molecule has 0 saturated heterocycles. The van der Waals surface area contributed by atoms with Gasteiger partial charge in [0.15, 0.2) is 0 Å². The molecule has 0 spiro atoms. The van der Waals surface area contributed by atoms with Crippen LogP contribution in [0.2, 0.25) is 0 Å². The first kappa shape index (κ1) is 64.2. The van der Waals surface area contributed by atoms with Crippen LogP contribution in [0.4, 0.5) is 0 Å². The molecule has 0 saturated carbocycles. The highest BCUT2D eigenvalue weighted by Gasteiger charge is 2.27. The van der Waals surface area contributed by atoms with Crippen molar-refractivity contribution in [3.63, 3.8) is 0 Å². The Morgan fingerprint density at radius 1 is 0.515 bits per heavy atom. The van der Waals surface area contributed by atoms with Gasteiger partial charge < -0.3 is 19.8 Å². The third-order valence-corrected chi connectivity index (χ3v) is 13.2. The van der Waals surface area contributed by atoms with Crippen molar-refractivity contribution in [1.29, 1.82) is 0 Å². The molecule has 66 heavy (non-hydrogen) atoms. The number of carbonyl (C=O) groups excluding carboxylic acids is 1. The number of aliphatic hydroxyl groups excluding tert-OH is 1. The van der Waals surface area contributed by atoms with Crippen LogP contribution in [0.3, 0.4) is 0 Å². The lowest BCUT2D eigenvalue weighted by Crippen LogP contribution is -2.45. The summed E-state index contributed by atoms with van der Waals surface area (Å²) >= 11 is 0. The molecule has 0 aromatic rings. The molecule has 0 fully saturated rings. The predicted octanol–water partition coefficient (Wildman–Crippen LogP) is 16.5. The molecule has 0 heterocycles. The van der Waals surface area contributed by atoms with Crippen LogP contribution in [-0.2, 0) is 18.4 Å². The van der Waals surface area contributed by atoms with Crippen molar-refractivity contribution in [2.45, 2.75) is 257 Å². The van der Waals surface area contributed by atoms with Crippen LogP contribution >= 0.6 is 7.82 Å². The van der Waals surface area contributed by atoms with Gasteiger partial charge in [-0.2, -0.15) is 0 Å². The second kappa shape index (κ2) is 48.2. The van der Waals surface area contributed by atoms with E-state index in [4.69, 9.17) is 9.05 Å². The van der Waals surface area contributed by atoms with E-state index < -0.39 is 20.0 Å². The molecule has 0 radical (unpaired) electrons. The van der Waals surface area contributed by atoms with Crippen LogP contribution in [0, 0.1) is 0 Å². The van der Waals surface area contributed by atoms with Gasteiger partial charge in [-0.3, -0.25) is 13.8 Å². The highest BCUT2D eigenvalue weighted by atomic mass is 31.2. The fourth-order valence-electron chi connectivity index (χ4n) is 7.81. The quantitative estimate of drug-likeness (QED) is 0.0243. The fraction of sp³-hybridized carbons (Fsp3) is 0.807. The maximum Gasteiger partial charge on any atom is 0.472 e. The molecule has 0 aliphatic rings. The normalized spacial score (nSPS) is 14.5. The number of unbranched alkanes of at least 4 members (excludes halogenated alkanes) is 29. The molecule has 3 unspecified atom stereocenters. The van der Waals surface area contributed by atoms with Gasteiger partial charge in [0.25, 0.3) is 0 Å². The number of amides is 1. The van der Waals surface area contributed by atoms with E-state index in [9.17, 15) is 19.4 Å². The summed E-state index contributed by atoms with van der Waals surface area (Å²) in [6.45, 7) is 4.79. The number of aliphatic hydroxyl groups is 1. The molecule has 1 amide bonds. The van der Waals surface area contributed by atoms with Crippen molar-refractivity contribution < 1.29 is 32.9 Å².